The Bertz CT molecular complexity index is 1770. The zero-order valence-electron chi connectivity index (χ0n) is 24.0. The van der Waals surface area contributed by atoms with E-state index in [1.54, 1.807) is 12.1 Å². The van der Waals surface area contributed by atoms with Crippen LogP contribution in [0.5, 0.6) is 0 Å². The second-order valence-corrected chi connectivity index (χ2v) is 11.0. The van der Waals surface area contributed by atoms with Crippen LogP contribution in [0.2, 0.25) is 5.02 Å². The smallest absolute Gasteiger partial charge is 0.251 e. The maximum Gasteiger partial charge on any atom is 0.251 e. The van der Waals surface area contributed by atoms with Crippen LogP contribution in [0.1, 0.15) is 33.1 Å². The lowest BCUT2D eigenvalue weighted by Gasteiger charge is -2.39. The van der Waals surface area contributed by atoms with Crippen molar-refractivity contribution in [1.29, 1.82) is 0 Å². The topological polar surface area (TPSA) is 151 Å². The number of nitrogens with one attached hydrogen (secondary N) is 2. The van der Waals surface area contributed by atoms with E-state index in [2.05, 4.69) is 37.1 Å². The number of halogens is 2. The molecule has 0 saturated carbocycles. The van der Waals surface area contributed by atoms with Gasteiger partial charge >= 0.3 is 0 Å². The molecule has 4 aromatic rings. The molecule has 1 aromatic heterocycles. The molecule has 2 aliphatic heterocycles. The first-order valence-corrected chi connectivity index (χ1v) is 14.7. The quantitative estimate of drug-likeness (QED) is 0.264. The summed E-state index contributed by atoms with van der Waals surface area (Å²) in [4.78, 5) is 43.2. The van der Waals surface area contributed by atoms with Gasteiger partial charge in [0.15, 0.2) is 0 Å². The summed E-state index contributed by atoms with van der Waals surface area (Å²) >= 11 is 6.06. The summed E-state index contributed by atoms with van der Waals surface area (Å²) in [6.07, 6.45) is 4.67. The van der Waals surface area contributed by atoms with Crippen molar-refractivity contribution in [3.63, 3.8) is 0 Å². The number of benzene rings is 3. The van der Waals surface area contributed by atoms with Gasteiger partial charge in [-0.15, -0.1) is 5.10 Å². The Kier molecular flexibility index (Phi) is 8.54. The third kappa shape index (κ3) is 6.26. The fourth-order valence-electron chi connectivity index (χ4n) is 5.71. The van der Waals surface area contributed by atoms with Crippen molar-refractivity contribution in [3.05, 3.63) is 100 Å². The molecular weight excluding hydrogens is 601 g/mol. The van der Waals surface area contributed by atoms with Gasteiger partial charge in [0.25, 0.3) is 5.91 Å². The van der Waals surface area contributed by atoms with Crippen LogP contribution < -0.4 is 21.3 Å². The SMILES string of the molecule is NC(=O)c1ccc(NC(=O)C2c3cccc(N4CCNCC4)c3CCN2C(=O)C=Cc2cc(Cl)c(F)cc2-n2cnnn2)cc1. The van der Waals surface area contributed by atoms with E-state index in [4.69, 9.17) is 17.3 Å². The van der Waals surface area contributed by atoms with E-state index in [0.29, 0.717) is 23.2 Å². The number of anilines is 2. The maximum absolute atomic E-state index is 14.3. The monoisotopic (exact) mass is 629 g/mol. The average Bonchev–Trinajstić information content (AvgIpc) is 3.60. The van der Waals surface area contributed by atoms with Crippen molar-refractivity contribution >= 4 is 46.8 Å². The predicted molar refractivity (Wildman–Crippen MR) is 166 cm³/mol. The number of carbonyl (C=O) groups is 3. The van der Waals surface area contributed by atoms with E-state index in [0.717, 1.165) is 43.0 Å². The molecule has 3 heterocycles. The molecule has 1 atom stereocenters. The highest BCUT2D eigenvalue weighted by Gasteiger charge is 2.37. The van der Waals surface area contributed by atoms with Gasteiger partial charge in [-0.3, -0.25) is 14.4 Å². The lowest BCUT2D eigenvalue weighted by molar-refractivity contribution is -0.135. The average molecular weight is 630 g/mol. The summed E-state index contributed by atoms with van der Waals surface area (Å²) in [5.74, 6) is -2.09. The van der Waals surface area contributed by atoms with Gasteiger partial charge in [0, 0.05) is 67.4 Å². The second-order valence-electron chi connectivity index (χ2n) is 10.6. The molecule has 6 rings (SSSR count). The Morgan fingerprint density at radius 3 is 2.53 bits per heavy atom. The van der Waals surface area contributed by atoms with Crippen LogP contribution in [0.25, 0.3) is 11.8 Å². The van der Waals surface area contributed by atoms with E-state index < -0.39 is 29.6 Å². The summed E-state index contributed by atoms with van der Waals surface area (Å²) in [5, 5.41) is 17.2. The zero-order chi connectivity index (χ0) is 31.5. The van der Waals surface area contributed by atoms with Crippen LogP contribution in [-0.4, -0.2) is 75.6 Å². The Morgan fingerprint density at radius 1 is 1.04 bits per heavy atom. The number of tetrazole rings is 1. The molecule has 0 bridgehead atoms. The fraction of sp³-hybridized carbons (Fsp3) is 0.226. The first kappa shape index (κ1) is 29.9. The molecule has 1 unspecified atom stereocenters. The molecule has 14 heteroatoms. The highest BCUT2D eigenvalue weighted by molar-refractivity contribution is 6.31. The number of piperazine rings is 1. The van der Waals surface area contributed by atoms with E-state index >= 15 is 0 Å². The van der Waals surface area contributed by atoms with Gasteiger partial charge in [0.2, 0.25) is 11.8 Å². The minimum Gasteiger partial charge on any atom is -0.369 e. The zero-order valence-corrected chi connectivity index (χ0v) is 24.7. The standard InChI is InChI=1S/C31H29ClFN9O3/c32-24-16-20(27(17-25(24)33)42-18-36-38-39-42)6-9-28(43)41-13-10-22-23(2-1-3-26(22)40-14-11-35-12-15-40)29(41)31(45)37-21-7-4-19(5-8-21)30(34)44/h1-9,16-18,29,35H,10-15H2,(H2,34,44)(H,37,45). The number of nitrogens with zero attached hydrogens (tertiary/aromatic N) is 6. The lowest BCUT2D eigenvalue weighted by atomic mass is 9.89. The number of hydrogen-bond acceptors (Lipinski definition) is 8. The Labute approximate surface area is 262 Å². The van der Waals surface area contributed by atoms with Crippen LogP contribution >= 0.6 is 11.6 Å². The van der Waals surface area contributed by atoms with Crippen molar-refractivity contribution in [2.24, 2.45) is 5.73 Å². The Hall–Kier alpha value is -5.14. The molecule has 1 saturated heterocycles. The van der Waals surface area contributed by atoms with E-state index in [-0.39, 0.29) is 17.3 Å². The largest absolute Gasteiger partial charge is 0.369 e. The Morgan fingerprint density at radius 2 is 1.82 bits per heavy atom. The highest BCUT2D eigenvalue weighted by Crippen LogP contribution is 2.37. The number of nitrogens with two attached hydrogens (primary N) is 1. The number of fused-ring (bicyclic) bond motifs is 1. The molecule has 3 amide bonds. The second kappa shape index (κ2) is 12.8. The van der Waals surface area contributed by atoms with E-state index in [1.807, 2.05) is 12.1 Å². The van der Waals surface area contributed by atoms with Crippen LogP contribution in [0.3, 0.4) is 0 Å². The highest BCUT2D eigenvalue weighted by atomic mass is 35.5. The van der Waals surface area contributed by atoms with Crippen LogP contribution in [0.15, 0.2) is 67.0 Å². The number of primary amides is 1. The van der Waals surface area contributed by atoms with Crippen molar-refractivity contribution in [1.82, 2.24) is 30.4 Å². The van der Waals surface area contributed by atoms with Crippen molar-refractivity contribution in [2.45, 2.75) is 12.5 Å². The Balaban J connectivity index is 1.34. The number of rotatable bonds is 7. The summed E-state index contributed by atoms with van der Waals surface area (Å²) in [6.45, 7) is 3.64. The minimum absolute atomic E-state index is 0.133. The molecule has 45 heavy (non-hydrogen) atoms. The van der Waals surface area contributed by atoms with Crippen molar-refractivity contribution in [3.8, 4) is 5.69 Å². The summed E-state index contributed by atoms with van der Waals surface area (Å²) < 4.78 is 15.6. The van der Waals surface area contributed by atoms with E-state index in [9.17, 15) is 18.8 Å². The van der Waals surface area contributed by atoms with Crippen LogP contribution in [0, 0.1) is 5.82 Å². The van der Waals surface area contributed by atoms with Crippen molar-refractivity contribution in [2.75, 3.05) is 42.9 Å². The van der Waals surface area contributed by atoms with Gasteiger partial charge in [-0.1, -0.05) is 23.7 Å². The van der Waals surface area contributed by atoms with Crippen LogP contribution in [-0.2, 0) is 16.0 Å². The molecule has 1 fully saturated rings. The third-order valence-electron chi connectivity index (χ3n) is 7.89. The van der Waals surface area contributed by atoms with Gasteiger partial charge < -0.3 is 26.2 Å². The molecule has 3 aromatic carbocycles. The third-order valence-corrected chi connectivity index (χ3v) is 8.18. The number of hydrogen-bond donors (Lipinski definition) is 3. The lowest BCUT2D eigenvalue weighted by Crippen LogP contribution is -2.47. The first-order valence-electron chi connectivity index (χ1n) is 14.3. The summed E-state index contributed by atoms with van der Waals surface area (Å²) in [7, 11) is 0. The van der Waals surface area contributed by atoms with Gasteiger partial charge in [-0.05, 0) is 70.4 Å². The van der Waals surface area contributed by atoms with Gasteiger partial charge in [0.05, 0.1) is 10.7 Å². The molecule has 0 radical (unpaired) electrons. The summed E-state index contributed by atoms with van der Waals surface area (Å²) in [5.41, 5.74) is 9.59. The molecule has 2 aliphatic rings. The van der Waals surface area contributed by atoms with Crippen molar-refractivity contribution < 1.29 is 18.8 Å². The first-order chi connectivity index (χ1) is 21.8. The molecule has 0 spiro atoms. The number of aromatic nitrogens is 4. The maximum atomic E-state index is 14.3. The van der Waals surface area contributed by atoms with E-state index in [1.165, 1.54) is 52.3 Å². The van der Waals surface area contributed by atoms with Crippen LogP contribution in [0.4, 0.5) is 15.8 Å². The van der Waals surface area contributed by atoms with Gasteiger partial charge in [-0.25, -0.2) is 4.39 Å². The van der Waals surface area contributed by atoms with Gasteiger partial charge in [-0.2, -0.15) is 4.68 Å². The molecular formula is C31H29ClFN9O3. The molecule has 4 N–H and O–H groups in total. The number of carbonyl (C=O) groups excluding carboxylic acids is 3. The molecule has 12 nitrogen and oxygen atoms in total. The molecule has 230 valence electrons. The van der Waals surface area contributed by atoms with Gasteiger partial charge in [0.1, 0.15) is 18.2 Å². The molecule has 0 aliphatic carbocycles. The predicted octanol–water partition coefficient (Wildman–Crippen LogP) is 2.74. The normalized spacial score (nSPS) is 16.4. The summed E-state index contributed by atoms with van der Waals surface area (Å²) in [6, 6.07) is 13.7. The fourth-order valence-corrected chi connectivity index (χ4v) is 5.88. The minimum atomic E-state index is -0.958. The number of amides is 3.